The monoisotopic (exact) mass is 540 g/mol. The molecule has 0 atom stereocenters. The number of anilines is 1. The number of ether oxygens (including phenoxy) is 2. The van der Waals surface area contributed by atoms with E-state index < -0.39 is 5.60 Å². The molecular weight excluding hydrogens is 504 g/mol. The van der Waals surface area contributed by atoms with Crippen LogP contribution in [0.2, 0.25) is 0 Å². The minimum Gasteiger partial charge on any atom is -0.508 e. The summed E-state index contributed by atoms with van der Waals surface area (Å²) in [6, 6.07) is 11.4. The van der Waals surface area contributed by atoms with Crippen molar-refractivity contribution in [3.63, 3.8) is 0 Å². The van der Waals surface area contributed by atoms with Crippen LogP contribution in [0.5, 0.6) is 5.75 Å². The van der Waals surface area contributed by atoms with Crippen LogP contribution in [0.15, 0.2) is 36.4 Å². The van der Waals surface area contributed by atoms with Gasteiger partial charge in [0.2, 0.25) is 5.69 Å². The van der Waals surface area contributed by atoms with E-state index in [1.165, 1.54) is 0 Å². The summed E-state index contributed by atoms with van der Waals surface area (Å²) in [6.45, 7) is 21.2. The van der Waals surface area contributed by atoms with Gasteiger partial charge in [-0.25, -0.2) is 14.6 Å². The van der Waals surface area contributed by atoms with Crippen LogP contribution in [0.1, 0.15) is 52.3 Å². The molecule has 8 heteroatoms. The summed E-state index contributed by atoms with van der Waals surface area (Å²) in [6.07, 6.45) is 1.27. The molecule has 1 aromatic heterocycles. The Balaban J connectivity index is 1.42. The highest BCUT2D eigenvalue weighted by atomic mass is 16.6. The molecule has 3 aromatic rings. The molecule has 2 fully saturated rings. The van der Waals surface area contributed by atoms with E-state index in [1.54, 1.807) is 17.0 Å². The Hall–Kier alpha value is -3.83. The van der Waals surface area contributed by atoms with Gasteiger partial charge in [-0.1, -0.05) is 24.3 Å². The molecule has 4 heterocycles. The second-order valence-corrected chi connectivity index (χ2v) is 13.1. The van der Waals surface area contributed by atoms with Crippen LogP contribution in [0.25, 0.3) is 26.7 Å². The lowest BCUT2D eigenvalue weighted by atomic mass is 9.79. The highest BCUT2D eigenvalue weighted by Crippen LogP contribution is 2.50. The van der Waals surface area contributed by atoms with E-state index in [4.69, 9.17) is 21.0 Å². The van der Waals surface area contributed by atoms with Gasteiger partial charge >= 0.3 is 6.09 Å². The van der Waals surface area contributed by atoms with Gasteiger partial charge in [0.25, 0.3) is 0 Å². The number of phenols is 1. The summed E-state index contributed by atoms with van der Waals surface area (Å²) in [5, 5.41) is 12.6. The third-order valence-electron chi connectivity index (χ3n) is 8.21. The number of aromatic hydroxyl groups is 1. The maximum Gasteiger partial charge on any atom is 0.410 e. The number of pyridine rings is 1. The van der Waals surface area contributed by atoms with E-state index in [0.717, 1.165) is 52.7 Å². The van der Waals surface area contributed by atoms with Crippen molar-refractivity contribution in [2.24, 2.45) is 5.41 Å². The number of fused-ring (bicyclic) bond motifs is 2. The van der Waals surface area contributed by atoms with E-state index in [0.29, 0.717) is 37.6 Å². The van der Waals surface area contributed by atoms with Crippen molar-refractivity contribution in [1.82, 2.24) is 9.88 Å². The normalized spacial score (nSPS) is 19.3. The molecule has 0 bridgehead atoms. The first-order chi connectivity index (χ1) is 18.9. The Bertz CT molecular complexity index is 1560. The van der Waals surface area contributed by atoms with E-state index in [2.05, 4.69) is 23.6 Å². The molecule has 8 nitrogen and oxygen atoms in total. The SMILES string of the molecule is [C-]#[N+]c1c(N2CCC3(CN(C(=O)OC(C)(C)C)C3)C2)nc2c(c1-c1cc(O)cc3ccccc13)COC(C)(C)C2. The highest BCUT2D eigenvalue weighted by molar-refractivity contribution is 6.03. The van der Waals surface area contributed by atoms with Gasteiger partial charge in [-0.3, -0.25) is 0 Å². The van der Waals surface area contributed by atoms with E-state index >= 15 is 0 Å². The number of phenolic OH excluding ortho intramolecular Hbond substituents is 1. The van der Waals surface area contributed by atoms with Gasteiger partial charge in [0.1, 0.15) is 17.2 Å². The Morgan fingerprint density at radius 3 is 2.65 bits per heavy atom. The minimum absolute atomic E-state index is 0.0337. The van der Waals surface area contributed by atoms with Crippen LogP contribution in [0.4, 0.5) is 16.3 Å². The zero-order chi connectivity index (χ0) is 28.4. The van der Waals surface area contributed by atoms with E-state index in [1.807, 2.05) is 45.0 Å². The molecule has 0 radical (unpaired) electrons. The predicted octanol–water partition coefficient (Wildman–Crippen LogP) is 6.46. The van der Waals surface area contributed by atoms with Crippen LogP contribution in [0.3, 0.4) is 0 Å². The standard InChI is InChI=1S/C32H36N4O4/c1-30(2,3)40-29(38)36-18-32(19-36)11-12-35(17-32)28-27(33-6)26(24-16-39-31(4,5)15-25(24)34-28)23-14-21(37)13-20-9-7-8-10-22(20)23/h7-10,13-14,37H,11-12,15-19H2,1-5H3. The van der Waals surface area contributed by atoms with E-state index in [-0.39, 0.29) is 22.9 Å². The van der Waals surface area contributed by atoms with Gasteiger partial charge in [-0.2, -0.15) is 0 Å². The van der Waals surface area contributed by atoms with Crippen LogP contribution >= 0.6 is 0 Å². The molecule has 0 aliphatic carbocycles. The molecule has 2 aromatic carbocycles. The van der Waals surface area contributed by atoms with Crippen molar-refractivity contribution in [2.75, 3.05) is 31.1 Å². The molecule has 208 valence electrons. The van der Waals surface area contributed by atoms with Crippen molar-refractivity contribution >= 4 is 28.4 Å². The lowest BCUT2D eigenvalue weighted by Crippen LogP contribution is -2.60. The molecule has 0 unspecified atom stereocenters. The number of carbonyl (C=O) groups is 1. The first-order valence-electron chi connectivity index (χ1n) is 13.9. The van der Waals surface area contributed by atoms with Crippen LogP contribution in [-0.4, -0.2) is 58.5 Å². The molecule has 0 saturated carbocycles. The summed E-state index contributed by atoms with van der Waals surface area (Å²) < 4.78 is 11.8. The lowest BCUT2D eigenvalue weighted by Gasteiger charge is -2.47. The molecule has 3 aliphatic heterocycles. The number of nitrogens with zero attached hydrogens (tertiary/aromatic N) is 4. The van der Waals surface area contributed by atoms with Crippen molar-refractivity contribution in [2.45, 2.75) is 65.3 Å². The topological polar surface area (TPSA) is 79.5 Å². The molecule has 2 saturated heterocycles. The summed E-state index contributed by atoms with van der Waals surface area (Å²) in [5.74, 6) is 0.840. The van der Waals surface area contributed by atoms with Gasteiger partial charge in [0, 0.05) is 43.7 Å². The number of hydrogen-bond acceptors (Lipinski definition) is 6. The van der Waals surface area contributed by atoms with Crippen LogP contribution < -0.4 is 4.90 Å². The van der Waals surface area contributed by atoms with Gasteiger partial charge in [0.05, 0.1) is 18.8 Å². The third kappa shape index (κ3) is 4.62. The van der Waals surface area contributed by atoms with Crippen molar-refractivity contribution in [3.05, 3.63) is 59.1 Å². The first-order valence-corrected chi connectivity index (χ1v) is 13.9. The third-order valence-corrected chi connectivity index (χ3v) is 8.21. The largest absolute Gasteiger partial charge is 0.508 e. The molecule has 40 heavy (non-hydrogen) atoms. The van der Waals surface area contributed by atoms with Crippen molar-refractivity contribution in [1.29, 1.82) is 0 Å². The zero-order valence-corrected chi connectivity index (χ0v) is 23.9. The Morgan fingerprint density at radius 1 is 1.18 bits per heavy atom. The first kappa shape index (κ1) is 26.4. The summed E-state index contributed by atoms with van der Waals surface area (Å²) in [7, 11) is 0. The maximum absolute atomic E-state index is 12.6. The average molecular weight is 541 g/mol. The number of rotatable bonds is 2. The zero-order valence-electron chi connectivity index (χ0n) is 23.9. The quantitative estimate of drug-likeness (QED) is 0.376. The second-order valence-electron chi connectivity index (χ2n) is 13.1. The van der Waals surface area contributed by atoms with Gasteiger partial charge in [-0.05, 0) is 80.6 Å². The van der Waals surface area contributed by atoms with Gasteiger partial charge in [0.15, 0.2) is 0 Å². The molecule has 6 rings (SSSR count). The number of hydrogen-bond donors (Lipinski definition) is 1. The number of benzene rings is 2. The van der Waals surface area contributed by atoms with Crippen molar-refractivity contribution in [3.8, 4) is 16.9 Å². The fourth-order valence-electron chi connectivity index (χ4n) is 6.38. The second kappa shape index (κ2) is 9.10. The predicted molar refractivity (Wildman–Crippen MR) is 155 cm³/mol. The average Bonchev–Trinajstić information content (AvgIpc) is 3.30. The fourth-order valence-corrected chi connectivity index (χ4v) is 6.38. The van der Waals surface area contributed by atoms with Gasteiger partial charge < -0.3 is 24.4 Å². The highest BCUT2D eigenvalue weighted by Gasteiger charge is 2.51. The molecular formula is C32H36N4O4. The summed E-state index contributed by atoms with van der Waals surface area (Å²) in [5.41, 5.74) is 3.02. The lowest BCUT2D eigenvalue weighted by molar-refractivity contribution is -0.0409. The Kier molecular flexibility index (Phi) is 6.01. The smallest absolute Gasteiger partial charge is 0.410 e. The number of carbonyl (C=O) groups excluding carboxylic acids is 1. The van der Waals surface area contributed by atoms with Gasteiger partial charge in [-0.15, -0.1) is 0 Å². The molecule has 3 aliphatic rings. The van der Waals surface area contributed by atoms with Crippen LogP contribution in [-0.2, 0) is 22.5 Å². The summed E-state index contributed by atoms with van der Waals surface area (Å²) in [4.78, 5) is 25.8. The Morgan fingerprint density at radius 2 is 1.93 bits per heavy atom. The number of aromatic nitrogens is 1. The van der Waals surface area contributed by atoms with Crippen molar-refractivity contribution < 1.29 is 19.4 Å². The Labute approximate surface area is 235 Å². The maximum atomic E-state index is 12.6. The molecule has 1 amide bonds. The number of amides is 1. The number of likely N-dealkylation sites (tertiary alicyclic amines) is 1. The minimum atomic E-state index is -0.525. The molecule has 1 spiro atoms. The van der Waals surface area contributed by atoms with Crippen LogP contribution in [0, 0.1) is 12.0 Å². The van der Waals surface area contributed by atoms with E-state index in [9.17, 15) is 9.90 Å². The molecule has 1 N–H and O–H groups in total. The fraction of sp³-hybridized carbons (Fsp3) is 0.469. The summed E-state index contributed by atoms with van der Waals surface area (Å²) >= 11 is 0.